The van der Waals surface area contributed by atoms with Crippen molar-refractivity contribution in [1.82, 2.24) is 90.5 Å². The third-order valence-corrected chi connectivity index (χ3v) is 24.1. The Kier molecular flexibility index (Phi) is 27.4. The second-order valence-electron chi connectivity index (χ2n) is 36.9. The molecule has 0 atom stereocenters. The van der Waals surface area contributed by atoms with E-state index in [0.717, 1.165) is 135 Å². The number of hydrogen-bond donors (Lipinski definition) is 8. The first-order valence-electron chi connectivity index (χ1n) is 45.7. The van der Waals surface area contributed by atoms with Crippen LogP contribution in [0.25, 0.3) is 152 Å². The highest BCUT2D eigenvalue weighted by atomic mass is 35.5. The van der Waals surface area contributed by atoms with Gasteiger partial charge in [-0.2, -0.15) is 40.8 Å². The first-order chi connectivity index (χ1) is 68.1. The van der Waals surface area contributed by atoms with Crippen molar-refractivity contribution in [3.05, 3.63) is 277 Å². The third kappa shape index (κ3) is 21.2. The molecule has 38 heteroatoms. The van der Waals surface area contributed by atoms with E-state index < -0.39 is 23.4 Å². The largest absolute Gasteiger partial charge is 0.501 e. The fourth-order valence-electron chi connectivity index (χ4n) is 16.6. The predicted molar refractivity (Wildman–Crippen MR) is 541 cm³/mol. The van der Waals surface area contributed by atoms with Crippen molar-refractivity contribution in [2.75, 3.05) is 0 Å². The molecule has 8 aromatic carbocycles. The molecule has 0 saturated heterocycles. The molecule has 20 rings (SSSR count). The summed E-state index contributed by atoms with van der Waals surface area (Å²) in [6.45, 7) is 46.6. The summed E-state index contributed by atoms with van der Waals surface area (Å²) in [6.07, 6.45) is 14.2. The van der Waals surface area contributed by atoms with Crippen LogP contribution in [0.1, 0.15) is 127 Å². The summed E-state index contributed by atoms with van der Waals surface area (Å²) in [5, 5.41) is 55.2. The maximum atomic E-state index is 12.6. The number of benzene rings is 8. The Labute approximate surface area is 822 Å². The zero-order valence-electron chi connectivity index (χ0n) is 79.6. The van der Waals surface area contributed by atoms with Crippen LogP contribution < -0.4 is 63.3 Å². The lowest BCUT2D eigenvalue weighted by molar-refractivity contribution is 0.0511. The van der Waals surface area contributed by atoms with E-state index in [4.69, 9.17) is 89.4 Å². The van der Waals surface area contributed by atoms with Gasteiger partial charge in [-0.3, -0.25) is 37.9 Å². The van der Waals surface area contributed by atoms with Gasteiger partial charge in [0.15, 0.2) is 0 Å². The highest BCUT2D eigenvalue weighted by Gasteiger charge is 2.34. The van der Waals surface area contributed by atoms with Crippen LogP contribution in [0.4, 0.5) is 32.3 Å². The van der Waals surface area contributed by atoms with Gasteiger partial charge in [-0.05, 0) is 225 Å². The number of H-pyrrole nitrogens is 4. The Morgan fingerprint density at radius 2 is 0.620 bits per heavy atom. The number of aromatic amines is 4. The molecule has 142 heavy (non-hydrogen) atoms. The first-order valence-corrected chi connectivity index (χ1v) is 46.5. The van der Waals surface area contributed by atoms with Crippen molar-refractivity contribution < 1.29 is 38.0 Å². The number of carbonyl (C=O) groups is 2. The van der Waals surface area contributed by atoms with E-state index in [9.17, 15) is 28.8 Å². The molecule has 0 radical (unpaired) electrons. The Morgan fingerprint density at radius 1 is 0.373 bits per heavy atom. The van der Waals surface area contributed by atoms with Gasteiger partial charge in [-0.15, -0.1) is 0 Å². The number of nitrogens with two attached hydrogens (primary N) is 2. The summed E-state index contributed by atoms with van der Waals surface area (Å²) in [4.78, 5) is 89.2. The lowest BCUT2D eigenvalue weighted by atomic mass is 9.96. The summed E-state index contributed by atoms with van der Waals surface area (Å²) in [7, 11) is 7.29. The van der Waals surface area contributed by atoms with E-state index in [2.05, 4.69) is 91.2 Å². The zero-order valence-corrected chi connectivity index (χ0v) is 81.1. The fraction of sp³-hybridized carbons (Fsp3) is 0.288. The van der Waals surface area contributed by atoms with E-state index in [-0.39, 0.29) is 72.8 Å². The molecule has 4 aliphatic rings. The highest BCUT2D eigenvalue weighted by molar-refractivity contribution is 6.32. The summed E-state index contributed by atoms with van der Waals surface area (Å²) in [6, 6.07) is 36.5. The van der Waals surface area contributed by atoms with Gasteiger partial charge >= 0.3 is 12.2 Å². The normalized spacial score (nSPS) is 13.3. The van der Waals surface area contributed by atoms with Crippen LogP contribution >= 0.6 is 23.2 Å². The molecule has 8 heterocycles. The van der Waals surface area contributed by atoms with E-state index in [1.165, 1.54) is 0 Å². The van der Waals surface area contributed by atoms with E-state index in [0.29, 0.717) is 138 Å². The van der Waals surface area contributed by atoms with Gasteiger partial charge in [-0.1, -0.05) is 59.6 Å². The van der Waals surface area contributed by atoms with Crippen molar-refractivity contribution in [3.8, 4) is 113 Å². The molecule has 8 aromatic heterocycles. The lowest BCUT2D eigenvalue weighted by Gasteiger charge is -2.19. The minimum atomic E-state index is -0.650. The minimum absolute atomic E-state index is 0.0452. The monoisotopic (exact) mass is 1940 g/mol. The number of hydrogen-bond acceptors (Lipinski definition) is 22. The van der Waals surface area contributed by atoms with Crippen LogP contribution in [0.5, 0.6) is 23.0 Å². The predicted octanol–water partition coefficient (Wildman–Crippen LogP) is 19.2. The number of carbonyl (C=O) groups excluding carboxylic acids is 2. The number of fused-ring (bicyclic) bond motifs is 4. The molecule has 4 saturated carbocycles. The van der Waals surface area contributed by atoms with Gasteiger partial charge in [0.2, 0.25) is 22.7 Å². The Bertz CT molecular complexity index is 7720. The van der Waals surface area contributed by atoms with Crippen molar-refractivity contribution in [2.24, 2.45) is 39.7 Å². The number of alkyl carbamates (subject to hydrolysis) is 2. The average molecular weight is 1950 g/mol. The average Bonchev–Trinajstić information content (AvgIpc) is 1.54. The molecule has 0 aliphatic heterocycles. The maximum Gasteiger partial charge on any atom is 0.407 e. The van der Waals surface area contributed by atoms with Crippen LogP contribution in [0.3, 0.4) is 0 Å². The summed E-state index contributed by atoms with van der Waals surface area (Å²) >= 11 is 12.9. The molecule has 4 fully saturated rings. The molecule has 16 aromatic rings. The summed E-state index contributed by atoms with van der Waals surface area (Å²) in [5.41, 5.74) is 27.1. The lowest BCUT2D eigenvalue weighted by Crippen LogP contribution is -2.32. The molecule has 720 valence electrons. The van der Waals surface area contributed by atoms with Crippen molar-refractivity contribution in [2.45, 2.75) is 169 Å². The number of rotatable bonds is 22. The number of nitrogens with zero attached hydrogens (tertiary/aromatic N) is 16. The molecule has 0 unspecified atom stereocenters. The van der Waals surface area contributed by atoms with Crippen LogP contribution in [0, 0.1) is 40.1 Å². The number of ether oxygens (including phenoxy) is 6. The highest BCUT2D eigenvalue weighted by Crippen LogP contribution is 2.52. The molecule has 4 aliphatic carbocycles. The van der Waals surface area contributed by atoms with Gasteiger partial charge in [0.25, 0.3) is 22.2 Å². The Morgan fingerprint density at radius 3 is 0.866 bits per heavy atom. The number of amides is 2. The van der Waals surface area contributed by atoms with E-state index in [1.54, 1.807) is 141 Å². The van der Waals surface area contributed by atoms with Crippen molar-refractivity contribution in [1.29, 1.82) is 0 Å². The van der Waals surface area contributed by atoms with Crippen LogP contribution in [-0.4, -0.2) is 128 Å². The topological polar surface area (TPSA) is 437 Å². The van der Waals surface area contributed by atoms with Gasteiger partial charge < -0.3 is 50.5 Å². The quantitative estimate of drug-likeness (QED) is 0.0292. The molecular weight excluding hydrogens is 1850 g/mol. The number of aryl methyl sites for hydroxylation is 6. The smallest absolute Gasteiger partial charge is 0.407 e. The second-order valence-corrected chi connectivity index (χ2v) is 37.8. The summed E-state index contributed by atoms with van der Waals surface area (Å²) < 4.78 is 41.6. The SMILES string of the molecule is [C-]#[N+]c1c(OC2CC2)cc(C)cc1-c1c(-c2ccc3c(=O)[nH]nc(CN)c3c2)cnn1C.[C-]#[N+]c1c(OC2CC2)cc(C)cc1-c1c(-c2ccc3c(=O)[nH]nc(CNC(=O)OC(C)(C)C)c3c2)cnn1C.[C-]#[N+]c1c(OC2CC2)cc(Cl)cc1-c1c(-c2ccc3c(=O)[nH]nc(CN)c3c2)cnn1C.[C-]#[N+]c1c(OC2CC2)cc(Cl)cc1-c1c(-c2ccc3c(=O)[nH]nc(CNC(=O)OC(C)(C)C)c3c2)cnn1C. The van der Waals surface area contributed by atoms with E-state index >= 15 is 0 Å². The Balaban J connectivity index is 0.000000131. The molecule has 0 bridgehead atoms. The number of halogens is 2. The molecular formula is C104H98Cl2N24O12. The second kappa shape index (κ2) is 40.1. The van der Waals surface area contributed by atoms with E-state index in [1.807, 2.05) is 108 Å². The van der Waals surface area contributed by atoms with Gasteiger partial charge in [0.1, 0.15) is 34.2 Å². The summed E-state index contributed by atoms with van der Waals surface area (Å²) in [5.74, 6) is 2.13. The minimum Gasteiger partial charge on any atom is -0.501 e. The van der Waals surface area contributed by atoms with Crippen LogP contribution in [-0.2, 0) is 63.8 Å². The fourth-order valence-corrected chi connectivity index (χ4v) is 17.0. The van der Waals surface area contributed by atoms with Crippen LogP contribution in [0.2, 0.25) is 10.0 Å². The zero-order chi connectivity index (χ0) is 101. The van der Waals surface area contributed by atoms with Crippen LogP contribution in [0.15, 0.2) is 165 Å². The van der Waals surface area contributed by atoms with Crippen molar-refractivity contribution in [3.63, 3.8) is 0 Å². The first kappa shape index (κ1) is 97.0. The third-order valence-electron chi connectivity index (χ3n) is 23.7. The number of aromatic nitrogens is 16. The molecule has 10 N–H and O–H groups in total. The van der Waals surface area contributed by atoms with Gasteiger partial charge in [0, 0.05) is 117 Å². The standard InChI is InChI=1S/C29H30N6O4.C28H27ClN6O4.C24H22N6O2.C23H19ClN6O2/c1-16-11-21(25(30-5)24(12-16)38-18-8-9-18)26-22(14-32-35(26)6)17-7-10-19-20(13-17)23(33-34-27(19)36)15-31-28(37)39-29(2,3)4;1-28(2,3)39-27(37)31-14-22-19-10-15(6-9-18(19)26(36)34-33-22)21-13-32-35(5)25(21)20-11-16(29)12-23(24(20)30-4)38-17-7-8-17;1-13-8-18(22(26-2)21(9-13)32-15-5-6-15)23-19(12-27-30(23)3)14-4-7-16-17(10-14)20(11-25)28-29-24(16)31;1-26-21-17(8-13(24)9-20(21)32-14-4-5-14)22-18(11-27-30(22)2)12-3-6-15-16(7-12)19(10-25)28-29-23(15)31/h7,10-14,18H,8-9,15H2,1-4,6H3,(H,31,37)(H,34,36);6,9-13,17H,7-8,14H2,1-3,5H3,(H,31,37)(H,34,36);4,7-10,12,15H,5-6,11,25H2,1,3H3,(H,29,31);3,6-9,11,14H,4-5,10,25H2,2H3,(H,29,31). The van der Waals surface area contributed by atoms with Gasteiger partial charge in [-0.25, -0.2) is 49.4 Å². The molecule has 36 nitrogen and oxygen atoms in total. The van der Waals surface area contributed by atoms with Gasteiger partial charge in [0.05, 0.1) is 156 Å². The maximum absolute atomic E-state index is 12.6. The van der Waals surface area contributed by atoms with Crippen molar-refractivity contribution >= 4 is 101 Å². The molecule has 2 amide bonds. The molecule has 0 spiro atoms. The Hall–Kier alpha value is -16.6. The number of nitrogens with one attached hydrogen (secondary N) is 6.